The Bertz CT molecular complexity index is 729. The van der Waals surface area contributed by atoms with Crippen LogP contribution in [-0.4, -0.2) is 55.8 Å². The summed E-state index contributed by atoms with van der Waals surface area (Å²) < 4.78 is 20.4. The number of rotatable bonds is 6. The van der Waals surface area contributed by atoms with E-state index >= 15 is 0 Å². The second-order valence-electron chi connectivity index (χ2n) is 5.75. The molecule has 2 atom stereocenters. The number of esters is 2. The zero-order chi connectivity index (χ0) is 20.0. The highest BCUT2D eigenvalue weighted by Crippen LogP contribution is 2.33. The fourth-order valence-electron chi connectivity index (χ4n) is 2.93. The topological polar surface area (TPSA) is 91.4 Å². The first kappa shape index (κ1) is 20.3. The van der Waals surface area contributed by atoms with Gasteiger partial charge in [-0.1, -0.05) is 30.3 Å². The van der Waals surface area contributed by atoms with Crippen LogP contribution >= 0.6 is 0 Å². The lowest BCUT2D eigenvalue weighted by Crippen LogP contribution is -2.47. The van der Waals surface area contributed by atoms with E-state index in [4.69, 9.17) is 18.9 Å². The van der Waals surface area contributed by atoms with Crippen molar-refractivity contribution in [2.75, 3.05) is 20.8 Å². The molecule has 0 fully saturated rings. The standard InChI is InChI=1S/C19H23NO7/c1-5-26-16-12(2)20(15(18(22)25-4)14(16)17(21)24-3)19(23)27-11-13-9-7-6-8-10-13/h6-10,12,15H,5,11H2,1-4H3/t12-,15-/m0/s1. The van der Waals surface area contributed by atoms with Gasteiger partial charge in [-0.25, -0.2) is 14.4 Å². The lowest BCUT2D eigenvalue weighted by atomic mass is 10.1. The molecule has 0 saturated heterocycles. The molecule has 27 heavy (non-hydrogen) atoms. The van der Waals surface area contributed by atoms with Crippen LogP contribution in [0.3, 0.4) is 0 Å². The highest BCUT2D eigenvalue weighted by atomic mass is 16.6. The van der Waals surface area contributed by atoms with Crippen molar-refractivity contribution >= 4 is 18.0 Å². The second-order valence-corrected chi connectivity index (χ2v) is 5.75. The molecule has 0 N–H and O–H groups in total. The Kier molecular flexibility index (Phi) is 6.81. The third-order valence-corrected chi connectivity index (χ3v) is 4.16. The summed E-state index contributed by atoms with van der Waals surface area (Å²) in [7, 11) is 2.36. The molecule has 0 bridgehead atoms. The zero-order valence-corrected chi connectivity index (χ0v) is 15.8. The molecule has 8 nitrogen and oxygen atoms in total. The van der Waals surface area contributed by atoms with Gasteiger partial charge in [0.05, 0.1) is 26.9 Å². The van der Waals surface area contributed by atoms with Crippen LogP contribution in [0.15, 0.2) is 41.7 Å². The fraction of sp³-hybridized carbons (Fsp3) is 0.421. The Morgan fingerprint density at radius 1 is 1.07 bits per heavy atom. The van der Waals surface area contributed by atoms with E-state index in [2.05, 4.69) is 0 Å². The van der Waals surface area contributed by atoms with Gasteiger partial charge in [0.25, 0.3) is 0 Å². The molecule has 0 saturated carbocycles. The van der Waals surface area contributed by atoms with Crippen molar-refractivity contribution in [2.24, 2.45) is 0 Å². The van der Waals surface area contributed by atoms with Crippen molar-refractivity contribution in [1.29, 1.82) is 0 Å². The Balaban J connectivity index is 2.32. The summed E-state index contributed by atoms with van der Waals surface area (Å²) in [5.41, 5.74) is 0.730. The normalized spacial score (nSPS) is 18.9. The number of benzene rings is 1. The van der Waals surface area contributed by atoms with Crippen LogP contribution in [0.2, 0.25) is 0 Å². The maximum absolute atomic E-state index is 12.7. The largest absolute Gasteiger partial charge is 0.495 e. The first-order valence-corrected chi connectivity index (χ1v) is 8.48. The Labute approximate surface area is 157 Å². The minimum absolute atomic E-state index is 0.0221. The van der Waals surface area contributed by atoms with Crippen molar-refractivity contribution in [3.63, 3.8) is 0 Å². The number of nitrogens with zero attached hydrogens (tertiary/aromatic N) is 1. The number of hydrogen-bond acceptors (Lipinski definition) is 7. The lowest BCUT2D eigenvalue weighted by molar-refractivity contribution is -0.147. The van der Waals surface area contributed by atoms with Gasteiger partial charge in [-0.3, -0.25) is 4.90 Å². The lowest BCUT2D eigenvalue weighted by Gasteiger charge is -2.27. The van der Waals surface area contributed by atoms with Crippen LogP contribution in [-0.2, 0) is 35.1 Å². The Morgan fingerprint density at radius 2 is 1.74 bits per heavy atom. The van der Waals surface area contributed by atoms with Gasteiger partial charge in [0, 0.05) is 0 Å². The maximum Gasteiger partial charge on any atom is 0.411 e. The summed E-state index contributed by atoms with van der Waals surface area (Å²) in [6.45, 7) is 3.65. The van der Waals surface area contributed by atoms with Crippen LogP contribution in [0.4, 0.5) is 4.79 Å². The van der Waals surface area contributed by atoms with Gasteiger partial charge >= 0.3 is 18.0 Å². The second kappa shape index (κ2) is 9.07. The summed E-state index contributed by atoms with van der Waals surface area (Å²) in [5, 5.41) is 0. The third-order valence-electron chi connectivity index (χ3n) is 4.16. The van der Waals surface area contributed by atoms with Gasteiger partial charge in [0.15, 0.2) is 6.04 Å². The van der Waals surface area contributed by atoms with Gasteiger partial charge in [0.1, 0.15) is 17.9 Å². The third kappa shape index (κ3) is 4.21. The van der Waals surface area contributed by atoms with E-state index in [-0.39, 0.29) is 24.5 Å². The number of hydrogen-bond donors (Lipinski definition) is 0. The molecule has 0 aromatic heterocycles. The predicted octanol–water partition coefficient (Wildman–Crippen LogP) is 2.03. The minimum Gasteiger partial charge on any atom is -0.495 e. The average Bonchev–Trinajstić information content (AvgIpc) is 2.98. The van der Waals surface area contributed by atoms with Crippen LogP contribution in [0.5, 0.6) is 0 Å². The first-order valence-electron chi connectivity index (χ1n) is 8.48. The molecule has 1 aromatic carbocycles. The molecule has 1 amide bonds. The van der Waals surface area contributed by atoms with Crippen molar-refractivity contribution in [2.45, 2.75) is 32.5 Å². The predicted molar refractivity (Wildman–Crippen MR) is 94.4 cm³/mol. The summed E-state index contributed by atoms with van der Waals surface area (Å²) in [6.07, 6.45) is -0.766. The molecule has 8 heteroatoms. The van der Waals surface area contributed by atoms with Gasteiger partial charge in [0.2, 0.25) is 0 Å². The zero-order valence-electron chi connectivity index (χ0n) is 15.8. The molecule has 0 radical (unpaired) electrons. The quantitative estimate of drug-likeness (QED) is 0.553. The number of methoxy groups -OCH3 is 2. The fourth-order valence-corrected chi connectivity index (χ4v) is 2.93. The molecule has 2 rings (SSSR count). The van der Waals surface area contributed by atoms with E-state index in [1.807, 2.05) is 30.3 Å². The van der Waals surface area contributed by atoms with Crippen LogP contribution in [0.1, 0.15) is 19.4 Å². The maximum atomic E-state index is 12.7. The first-order chi connectivity index (χ1) is 13.0. The number of amides is 1. The summed E-state index contributed by atoms with van der Waals surface area (Å²) in [5.74, 6) is -1.36. The highest BCUT2D eigenvalue weighted by Gasteiger charge is 2.50. The molecular weight excluding hydrogens is 354 g/mol. The molecular formula is C19H23NO7. The number of carbonyl (C=O) groups excluding carboxylic acids is 3. The molecule has 1 aliphatic rings. The average molecular weight is 377 g/mol. The smallest absolute Gasteiger partial charge is 0.411 e. The van der Waals surface area contributed by atoms with Gasteiger partial charge in [-0.2, -0.15) is 0 Å². The Hall–Kier alpha value is -3.03. The molecule has 1 aliphatic heterocycles. The van der Waals surface area contributed by atoms with E-state index in [0.29, 0.717) is 0 Å². The van der Waals surface area contributed by atoms with Crippen LogP contribution in [0.25, 0.3) is 0 Å². The summed E-state index contributed by atoms with van der Waals surface area (Å²) in [4.78, 5) is 38.5. The molecule has 146 valence electrons. The summed E-state index contributed by atoms with van der Waals surface area (Å²) in [6, 6.07) is 7.10. The van der Waals surface area contributed by atoms with E-state index in [0.717, 1.165) is 10.5 Å². The monoisotopic (exact) mass is 377 g/mol. The van der Waals surface area contributed by atoms with E-state index in [1.165, 1.54) is 14.2 Å². The molecule has 0 unspecified atom stereocenters. The number of carbonyl (C=O) groups is 3. The number of ether oxygens (including phenoxy) is 4. The van der Waals surface area contributed by atoms with Crippen molar-refractivity contribution in [1.82, 2.24) is 4.90 Å². The highest BCUT2D eigenvalue weighted by molar-refractivity contribution is 6.01. The van der Waals surface area contributed by atoms with Crippen molar-refractivity contribution in [3.8, 4) is 0 Å². The van der Waals surface area contributed by atoms with Crippen molar-refractivity contribution in [3.05, 3.63) is 47.2 Å². The molecule has 0 spiro atoms. The van der Waals surface area contributed by atoms with Gasteiger partial charge < -0.3 is 18.9 Å². The SMILES string of the molecule is CCOC1=C(C(=O)OC)[C@@H](C(=O)OC)N(C(=O)OCc2ccccc2)[C@H]1C. The molecule has 1 aromatic rings. The van der Waals surface area contributed by atoms with Gasteiger partial charge in [-0.05, 0) is 19.4 Å². The van der Waals surface area contributed by atoms with Crippen molar-refractivity contribution < 1.29 is 33.3 Å². The Morgan fingerprint density at radius 3 is 2.30 bits per heavy atom. The van der Waals surface area contributed by atoms with Gasteiger partial charge in [-0.15, -0.1) is 0 Å². The molecule has 0 aliphatic carbocycles. The molecule has 1 heterocycles. The van der Waals surface area contributed by atoms with E-state index < -0.39 is 30.1 Å². The minimum atomic E-state index is -1.30. The van der Waals surface area contributed by atoms with E-state index in [1.54, 1.807) is 13.8 Å². The van der Waals surface area contributed by atoms with E-state index in [9.17, 15) is 14.4 Å². The van der Waals surface area contributed by atoms with Crippen LogP contribution < -0.4 is 0 Å². The van der Waals surface area contributed by atoms with Crippen LogP contribution in [0, 0.1) is 0 Å². The summed E-state index contributed by atoms with van der Waals surface area (Å²) >= 11 is 0.